The van der Waals surface area contributed by atoms with Gasteiger partial charge in [-0.1, -0.05) is 35.5 Å². The van der Waals surface area contributed by atoms with Crippen LogP contribution in [0, 0.1) is 17.0 Å². The molecule has 42 heavy (non-hydrogen) atoms. The van der Waals surface area contributed by atoms with Crippen molar-refractivity contribution in [2.24, 2.45) is 0 Å². The van der Waals surface area contributed by atoms with E-state index in [9.17, 15) is 19.7 Å². The van der Waals surface area contributed by atoms with E-state index >= 15 is 0 Å². The molecular weight excluding hydrogens is 542 g/mol. The van der Waals surface area contributed by atoms with Crippen LogP contribution < -0.4 is 19.9 Å². The van der Waals surface area contributed by atoms with E-state index in [1.165, 1.54) is 42.1 Å². The lowest BCUT2D eigenvalue weighted by Gasteiger charge is -2.13. The zero-order valence-electron chi connectivity index (χ0n) is 22.7. The fourth-order valence-electron chi connectivity index (χ4n) is 4.34. The summed E-state index contributed by atoms with van der Waals surface area (Å²) < 4.78 is 14.3. The molecule has 0 amide bonds. The van der Waals surface area contributed by atoms with Crippen LogP contribution in [-0.4, -0.2) is 37.5 Å². The molecule has 0 aliphatic carbocycles. The quantitative estimate of drug-likeness (QED) is 0.131. The van der Waals surface area contributed by atoms with Gasteiger partial charge >= 0.3 is 0 Å². The Labute approximate surface area is 239 Å². The Morgan fingerprint density at radius 3 is 2.60 bits per heavy atom. The lowest BCUT2D eigenvalue weighted by Crippen LogP contribution is -2.19. The van der Waals surface area contributed by atoms with Gasteiger partial charge in [0.15, 0.2) is 5.78 Å². The lowest BCUT2D eigenvalue weighted by molar-refractivity contribution is -0.711. The second-order valence-electron chi connectivity index (χ2n) is 9.26. The van der Waals surface area contributed by atoms with Crippen LogP contribution in [0.2, 0.25) is 0 Å². The molecule has 2 heterocycles. The number of carbonyl (C=O) groups is 1. The number of pyridine rings is 1. The number of hydrogen-bond donors (Lipinski definition) is 0. The standard InChI is InChI=1S/C30H25N5O7/c1-20-6-3-4-9-27(20)34-17-22(10-13-29(34)36)30(37)26-12-11-24(40-2)15-28(26)41-19-23-18-33(32-31-23)16-21-7-5-8-25(14-21)42-35(38)39/h3-15,17-18H,16,19H2,1-2H3. The fraction of sp³-hybridized carbons (Fsp3) is 0.133. The lowest BCUT2D eigenvalue weighted by atomic mass is 10.0. The number of aryl methyl sites for hydroxylation is 1. The van der Waals surface area contributed by atoms with E-state index in [1.54, 1.807) is 41.2 Å². The first kappa shape index (κ1) is 27.8. The smallest absolute Gasteiger partial charge is 0.299 e. The van der Waals surface area contributed by atoms with E-state index in [1.807, 2.05) is 31.2 Å². The van der Waals surface area contributed by atoms with Crippen molar-refractivity contribution < 1.29 is 24.2 Å². The summed E-state index contributed by atoms with van der Waals surface area (Å²) in [6, 6.07) is 21.6. The van der Waals surface area contributed by atoms with E-state index in [2.05, 4.69) is 15.1 Å². The second-order valence-corrected chi connectivity index (χ2v) is 9.26. The molecular formula is C30H25N5O7. The number of nitrogens with zero attached hydrogens (tertiary/aromatic N) is 5. The fourth-order valence-corrected chi connectivity index (χ4v) is 4.34. The number of hydrogen-bond acceptors (Lipinski definition) is 9. The Bertz CT molecular complexity index is 1830. The first-order valence-electron chi connectivity index (χ1n) is 12.8. The number of methoxy groups -OCH3 is 1. The van der Waals surface area contributed by atoms with Crippen LogP contribution in [0.25, 0.3) is 5.69 Å². The van der Waals surface area contributed by atoms with Gasteiger partial charge in [-0.05, 0) is 54.4 Å². The number of ketones is 1. The third-order valence-electron chi connectivity index (χ3n) is 6.37. The monoisotopic (exact) mass is 567 g/mol. The average Bonchev–Trinajstić information content (AvgIpc) is 3.43. The highest BCUT2D eigenvalue weighted by molar-refractivity contribution is 6.10. The van der Waals surface area contributed by atoms with Gasteiger partial charge in [0.05, 0.1) is 31.1 Å². The van der Waals surface area contributed by atoms with E-state index < -0.39 is 5.09 Å². The van der Waals surface area contributed by atoms with Gasteiger partial charge in [0, 0.05) is 23.9 Å². The van der Waals surface area contributed by atoms with Gasteiger partial charge in [-0.15, -0.1) is 15.2 Å². The van der Waals surface area contributed by atoms with Crippen LogP contribution in [0.3, 0.4) is 0 Å². The third kappa shape index (κ3) is 6.33. The molecule has 0 bridgehead atoms. The minimum Gasteiger partial charge on any atom is -0.497 e. The number of carbonyl (C=O) groups excluding carboxylic acids is 1. The molecule has 2 aromatic heterocycles. The summed E-state index contributed by atoms with van der Waals surface area (Å²) in [4.78, 5) is 41.4. The summed E-state index contributed by atoms with van der Waals surface area (Å²) in [5.74, 6) is 0.528. The number of ether oxygens (including phenoxy) is 2. The molecule has 0 saturated heterocycles. The molecule has 0 aliphatic heterocycles. The Hall–Kier alpha value is -5.78. The predicted octanol–water partition coefficient (Wildman–Crippen LogP) is 4.17. The minimum atomic E-state index is -0.873. The molecule has 0 atom stereocenters. The topological polar surface area (TPSA) is 141 Å². The number of para-hydroxylation sites is 1. The summed E-state index contributed by atoms with van der Waals surface area (Å²) in [5, 5.41) is 18.0. The molecule has 12 heteroatoms. The maximum atomic E-state index is 13.6. The van der Waals surface area contributed by atoms with E-state index in [-0.39, 0.29) is 35.0 Å². The highest BCUT2D eigenvalue weighted by Gasteiger charge is 2.18. The van der Waals surface area contributed by atoms with Gasteiger partial charge in [-0.25, -0.2) is 4.68 Å². The first-order valence-corrected chi connectivity index (χ1v) is 12.8. The molecule has 0 N–H and O–H groups in total. The van der Waals surface area contributed by atoms with Crippen molar-refractivity contribution >= 4 is 5.78 Å². The van der Waals surface area contributed by atoms with E-state index in [4.69, 9.17) is 9.47 Å². The van der Waals surface area contributed by atoms with Crippen molar-refractivity contribution in [2.75, 3.05) is 7.11 Å². The summed E-state index contributed by atoms with van der Waals surface area (Å²) in [5.41, 5.74) is 3.11. The number of aromatic nitrogens is 4. The van der Waals surface area contributed by atoms with Gasteiger partial charge in [-0.2, -0.15) is 0 Å². The highest BCUT2D eigenvalue weighted by Crippen LogP contribution is 2.28. The Morgan fingerprint density at radius 2 is 1.81 bits per heavy atom. The SMILES string of the molecule is COc1ccc(C(=O)c2ccc(=O)n(-c3ccccc3C)c2)c(OCc2cn(Cc3cccc(O[N+](=O)[O-])c3)nn2)c1. The normalized spacial score (nSPS) is 10.7. The average molecular weight is 568 g/mol. The van der Waals surface area contributed by atoms with Crippen molar-refractivity contribution in [1.82, 2.24) is 19.6 Å². The zero-order chi connectivity index (χ0) is 29.6. The second kappa shape index (κ2) is 12.2. The predicted molar refractivity (Wildman–Crippen MR) is 151 cm³/mol. The molecule has 0 unspecified atom stereocenters. The van der Waals surface area contributed by atoms with Crippen LogP contribution in [0.5, 0.6) is 17.2 Å². The molecule has 0 aliphatic rings. The van der Waals surface area contributed by atoms with Crippen molar-refractivity contribution in [3.63, 3.8) is 0 Å². The summed E-state index contributed by atoms with van der Waals surface area (Å²) in [6.45, 7) is 2.19. The molecule has 12 nitrogen and oxygen atoms in total. The summed E-state index contributed by atoms with van der Waals surface area (Å²) in [6.07, 6.45) is 3.19. The van der Waals surface area contributed by atoms with Crippen molar-refractivity contribution in [2.45, 2.75) is 20.1 Å². The van der Waals surface area contributed by atoms with E-state index in [0.29, 0.717) is 29.2 Å². The first-order chi connectivity index (χ1) is 20.3. The number of rotatable bonds is 11. The summed E-state index contributed by atoms with van der Waals surface area (Å²) in [7, 11) is 1.51. The molecule has 212 valence electrons. The van der Waals surface area contributed by atoms with Crippen molar-refractivity contribution in [3.05, 3.63) is 140 Å². The molecule has 0 fully saturated rings. The Morgan fingerprint density at radius 1 is 0.976 bits per heavy atom. The van der Waals surface area contributed by atoms with Gasteiger partial charge in [0.25, 0.3) is 10.6 Å². The largest absolute Gasteiger partial charge is 0.497 e. The zero-order valence-corrected chi connectivity index (χ0v) is 22.7. The van der Waals surface area contributed by atoms with Gasteiger partial charge in [-0.3, -0.25) is 19.0 Å². The van der Waals surface area contributed by atoms with Gasteiger partial charge < -0.3 is 9.47 Å². The van der Waals surface area contributed by atoms with Crippen LogP contribution in [0.4, 0.5) is 0 Å². The van der Waals surface area contributed by atoms with Crippen LogP contribution in [-0.2, 0) is 13.2 Å². The minimum absolute atomic E-state index is 0.000625. The summed E-state index contributed by atoms with van der Waals surface area (Å²) >= 11 is 0. The molecule has 0 radical (unpaired) electrons. The van der Waals surface area contributed by atoms with Gasteiger partial charge in [0.2, 0.25) is 0 Å². The molecule has 5 aromatic rings. The molecule has 0 spiro atoms. The Kier molecular flexibility index (Phi) is 8.05. The van der Waals surface area contributed by atoms with Crippen LogP contribution in [0.1, 0.15) is 32.7 Å². The highest BCUT2D eigenvalue weighted by atomic mass is 17.0. The maximum absolute atomic E-state index is 13.6. The van der Waals surface area contributed by atoms with Crippen LogP contribution in [0.15, 0.2) is 96.1 Å². The third-order valence-corrected chi connectivity index (χ3v) is 6.37. The van der Waals surface area contributed by atoms with Crippen molar-refractivity contribution in [3.8, 4) is 22.9 Å². The Balaban J connectivity index is 1.35. The van der Waals surface area contributed by atoms with Gasteiger partial charge in [0.1, 0.15) is 29.5 Å². The molecule has 3 aromatic carbocycles. The molecule has 5 rings (SSSR count). The van der Waals surface area contributed by atoms with Crippen LogP contribution >= 0.6 is 0 Å². The van der Waals surface area contributed by atoms with E-state index in [0.717, 1.165) is 11.1 Å². The maximum Gasteiger partial charge on any atom is 0.299 e. The molecule has 0 saturated carbocycles. The number of benzene rings is 3. The van der Waals surface area contributed by atoms with Crippen molar-refractivity contribution in [1.29, 1.82) is 0 Å².